The molecule has 0 spiro atoms. The first kappa shape index (κ1) is 21.2. The highest BCUT2D eigenvalue weighted by Crippen LogP contribution is 2.64. The zero-order valence-corrected chi connectivity index (χ0v) is 20.4. The number of nitrogens with one attached hydrogen (secondary N) is 1. The number of nitrogens with zero attached hydrogens (tertiary/aromatic N) is 3. The minimum absolute atomic E-state index is 0.0545. The van der Waals surface area contributed by atoms with Crippen LogP contribution >= 0.6 is 15.9 Å². The van der Waals surface area contributed by atoms with Crippen LogP contribution in [0.2, 0.25) is 0 Å². The SMILES string of the molecule is CCC(NC(=O)C12CC3CC(C1)CC(n1cnc(Br)n1)(C3)C2)c1ccc(C(C)C)cc1. The Labute approximate surface area is 193 Å². The average molecular weight is 485 g/mol. The number of halogens is 1. The van der Waals surface area contributed by atoms with Crippen LogP contribution in [0.4, 0.5) is 0 Å². The number of carbonyl (C=O) groups is 1. The molecule has 1 aromatic carbocycles. The van der Waals surface area contributed by atoms with Gasteiger partial charge in [-0.1, -0.05) is 45.0 Å². The van der Waals surface area contributed by atoms with Gasteiger partial charge < -0.3 is 5.32 Å². The van der Waals surface area contributed by atoms with Crippen LogP contribution in [0.5, 0.6) is 0 Å². The van der Waals surface area contributed by atoms with Crippen LogP contribution in [0.1, 0.15) is 88.8 Å². The molecule has 4 bridgehead atoms. The van der Waals surface area contributed by atoms with Crippen LogP contribution in [0.3, 0.4) is 0 Å². The molecule has 1 aromatic heterocycles. The number of aromatic nitrogens is 3. The highest BCUT2D eigenvalue weighted by atomic mass is 79.9. The van der Waals surface area contributed by atoms with Gasteiger partial charge >= 0.3 is 0 Å². The third-order valence-corrected chi connectivity index (χ3v) is 8.54. The summed E-state index contributed by atoms with van der Waals surface area (Å²) < 4.78 is 2.70. The minimum atomic E-state index is -0.270. The van der Waals surface area contributed by atoms with Crippen molar-refractivity contribution in [3.63, 3.8) is 0 Å². The Kier molecular flexibility index (Phi) is 5.27. The van der Waals surface area contributed by atoms with Crippen LogP contribution in [-0.4, -0.2) is 20.7 Å². The fraction of sp³-hybridized carbons (Fsp3) is 0.640. The minimum Gasteiger partial charge on any atom is -0.349 e. The molecule has 4 aliphatic rings. The molecule has 4 fully saturated rings. The van der Waals surface area contributed by atoms with Crippen molar-refractivity contribution in [2.75, 3.05) is 0 Å². The molecule has 4 aliphatic carbocycles. The fourth-order valence-corrected chi connectivity index (χ4v) is 7.33. The van der Waals surface area contributed by atoms with Crippen molar-refractivity contribution in [3.8, 4) is 0 Å². The Morgan fingerprint density at radius 3 is 2.35 bits per heavy atom. The molecule has 1 N–H and O–H groups in total. The summed E-state index contributed by atoms with van der Waals surface area (Å²) in [6, 6.07) is 8.86. The highest BCUT2D eigenvalue weighted by Gasteiger charge is 2.61. The van der Waals surface area contributed by atoms with E-state index in [1.807, 2.05) is 6.33 Å². The first-order chi connectivity index (χ1) is 14.8. The van der Waals surface area contributed by atoms with Crippen molar-refractivity contribution in [1.29, 1.82) is 0 Å². The van der Waals surface area contributed by atoms with E-state index in [-0.39, 0.29) is 22.9 Å². The Morgan fingerprint density at radius 1 is 1.16 bits per heavy atom. The van der Waals surface area contributed by atoms with Gasteiger partial charge in [0, 0.05) is 0 Å². The van der Waals surface area contributed by atoms with Gasteiger partial charge in [0.2, 0.25) is 10.6 Å². The number of hydrogen-bond donors (Lipinski definition) is 1. The van der Waals surface area contributed by atoms with Gasteiger partial charge in [-0.25, -0.2) is 9.67 Å². The van der Waals surface area contributed by atoms with E-state index >= 15 is 0 Å². The molecule has 6 heteroatoms. The number of carbonyl (C=O) groups excluding carboxylic acids is 1. The van der Waals surface area contributed by atoms with Gasteiger partial charge in [-0.2, -0.15) is 0 Å². The van der Waals surface area contributed by atoms with E-state index in [2.05, 4.69) is 81.0 Å². The van der Waals surface area contributed by atoms with Crippen molar-refractivity contribution in [2.24, 2.45) is 17.3 Å². The molecular weight excluding hydrogens is 452 g/mol. The average Bonchev–Trinajstić information content (AvgIpc) is 3.18. The van der Waals surface area contributed by atoms with Gasteiger partial charge in [0.25, 0.3) is 0 Å². The van der Waals surface area contributed by atoms with Crippen LogP contribution in [-0.2, 0) is 10.3 Å². The molecular formula is C25H33BrN4O. The second-order valence-corrected chi connectivity index (χ2v) is 11.4. The third-order valence-electron chi connectivity index (χ3n) is 8.18. The lowest BCUT2D eigenvalue weighted by atomic mass is 9.46. The second-order valence-electron chi connectivity index (χ2n) is 10.7. The zero-order chi connectivity index (χ0) is 21.8. The predicted molar refractivity (Wildman–Crippen MR) is 125 cm³/mol. The Bertz CT molecular complexity index is 952. The molecule has 3 atom stereocenters. The van der Waals surface area contributed by atoms with Crippen molar-refractivity contribution in [1.82, 2.24) is 20.1 Å². The maximum absolute atomic E-state index is 13.8. The lowest BCUT2D eigenvalue weighted by molar-refractivity contribution is -0.156. The molecule has 166 valence electrons. The molecule has 31 heavy (non-hydrogen) atoms. The van der Waals surface area contributed by atoms with E-state index in [4.69, 9.17) is 0 Å². The van der Waals surface area contributed by atoms with Gasteiger partial charge in [0.15, 0.2) is 0 Å². The summed E-state index contributed by atoms with van der Waals surface area (Å²) in [6.07, 6.45) is 9.21. The van der Waals surface area contributed by atoms with Crippen molar-refractivity contribution in [2.45, 2.75) is 83.2 Å². The van der Waals surface area contributed by atoms with Crippen molar-refractivity contribution < 1.29 is 4.79 Å². The normalized spacial score (nSPS) is 32.4. The quantitative estimate of drug-likeness (QED) is 0.569. The van der Waals surface area contributed by atoms with E-state index in [9.17, 15) is 4.79 Å². The lowest BCUT2D eigenvalue weighted by Crippen LogP contribution is -2.61. The number of benzene rings is 1. The van der Waals surface area contributed by atoms with Crippen molar-refractivity contribution >= 4 is 21.8 Å². The van der Waals surface area contributed by atoms with Crippen LogP contribution in [0.25, 0.3) is 0 Å². The van der Waals surface area contributed by atoms with Crippen molar-refractivity contribution in [3.05, 3.63) is 46.5 Å². The number of amides is 1. The molecule has 4 saturated carbocycles. The first-order valence-electron chi connectivity index (χ1n) is 11.8. The molecule has 1 amide bonds. The second kappa shape index (κ2) is 7.72. The maximum Gasteiger partial charge on any atom is 0.226 e. The Morgan fingerprint density at radius 2 is 1.81 bits per heavy atom. The first-order valence-corrected chi connectivity index (χ1v) is 12.6. The summed E-state index contributed by atoms with van der Waals surface area (Å²) in [6.45, 7) is 6.59. The Hall–Kier alpha value is -1.69. The summed E-state index contributed by atoms with van der Waals surface area (Å²) in [5.41, 5.74) is 2.22. The molecule has 0 aliphatic heterocycles. The summed E-state index contributed by atoms with van der Waals surface area (Å²) in [5, 5.41) is 8.10. The molecule has 5 nitrogen and oxygen atoms in total. The van der Waals surface area contributed by atoms with E-state index in [1.54, 1.807) is 0 Å². The summed E-state index contributed by atoms with van der Waals surface area (Å²) >= 11 is 3.41. The molecule has 1 heterocycles. The zero-order valence-electron chi connectivity index (χ0n) is 18.8. The van der Waals surface area contributed by atoms with E-state index in [0.29, 0.717) is 22.5 Å². The predicted octanol–water partition coefficient (Wildman–Crippen LogP) is 5.73. The van der Waals surface area contributed by atoms with Crippen LogP contribution in [0.15, 0.2) is 35.3 Å². The highest BCUT2D eigenvalue weighted by molar-refractivity contribution is 9.10. The van der Waals surface area contributed by atoms with E-state index in [1.165, 1.54) is 17.5 Å². The molecule has 6 rings (SSSR count). The monoisotopic (exact) mass is 484 g/mol. The van der Waals surface area contributed by atoms with Gasteiger partial charge in [-0.3, -0.25) is 4.79 Å². The molecule has 0 saturated heterocycles. The van der Waals surface area contributed by atoms with Gasteiger partial charge in [0.05, 0.1) is 17.0 Å². The van der Waals surface area contributed by atoms with Gasteiger partial charge in [-0.05, 0) is 89.8 Å². The number of hydrogen-bond acceptors (Lipinski definition) is 3. The molecule has 0 radical (unpaired) electrons. The smallest absolute Gasteiger partial charge is 0.226 e. The molecule has 3 unspecified atom stereocenters. The summed E-state index contributed by atoms with van der Waals surface area (Å²) in [4.78, 5) is 18.2. The van der Waals surface area contributed by atoms with E-state index < -0.39 is 0 Å². The van der Waals surface area contributed by atoms with Gasteiger partial charge in [0.1, 0.15) is 6.33 Å². The number of rotatable bonds is 6. The van der Waals surface area contributed by atoms with Crippen LogP contribution in [0, 0.1) is 17.3 Å². The summed E-state index contributed by atoms with van der Waals surface area (Å²) in [5.74, 6) is 1.99. The standard InChI is InChI=1S/C25H33BrN4O/c1-4-21(20-7-5-19(6-8-20)16(2)3)28-22(31)24-10-17-9-18(11-24)13-25(12-17,14-24)30-15-27-23(26)29-30/h5-8,15-18,21H,4,9-14H2,1-3H3,(H,28,31). The largest absolute Gasteiger partial charge is 0.349 e. The maximum atomic E-state index is 13.8. The topological polar surface area (TPSA) is 59.8 Å². The summed E-state index contributed by atoms with van der Waals surface area (Å²) in [7, 11) is 0. The fourth-order valence-electron chi connectivity index (χ4n) is 7.06. The lowest BCUT2D eigenvalue weighted by Gasteiger charge is -2.61. The van der Waals surface area contributed by atoms with E-state index in [0.717, 1.165) is 38.5 Å². The third kappa shape index (κ3) is 3.65. The molecule has 2 aromatic rings. The van der Waals surface area contributed by atoms with Gasteiger partial charge in [-0.15, -0.1) is 5.10 Å². The Balaban J connectivity index is 1.39. The van der Waals surface area contributed by atoms with Crippen LogP contribution < -0.4 is 5.32 Å².